The van der Waals surface area contributed by atoms with E-state index >= 15 is 0 Å². The Balaban J connectivity index is 1.53. The summed E-state index contributed by atoms with van der Waals surface area (Å²) in [5, 5.41) is 8.65. The summed E-state index contributed by atoms with van der Waals surface area (Å²) in [6, 6.07) is 10.8. The van der Waals surface area contributed by atoms with Gasteiger partial charge >= 0.3 is 5.69 Å². The fraction of sp³-hybridized carbons (Fsp3) is 0.192. The monoisotopic (exact) mass is 502 g/mol. The molecule has 0 amide bonds. The molecule has 10 heteroatoms. The Morgan fingerprint density at radius 2 is 1.86 bits per heavy atom. The second kappa shape index (κ2) is 9.43. The van der Waals surface area contributed by atoms with Crippen molar-refractivity contribution in [3.05, 3.63) is 103 Å². The van der Waals surface area contributed by atoms with Gasteiger partial charge in [0.2, 0.25) is 0 Å². The van der Waals surface area contributed by atoms with E-state index in [0.717, 1.165) is 33.4 Å². The Morgan fingerprint density at radius 3 is 2.61 bits per heavy atom. The predicted molar refractivity (Wildman–Crippen MR) is 138 cm³/mol. The number of ether oxygens (including phenoxy) is 1. The fourth-order valence-corrected chi connectivity index (χ4v) is 4.50. The molecule has 2 N–H and O–H groups in total. The largest absolute Gasteiger partial charge is 0.486 e. The van der Waals surface area contributed by atoms with E-state index in [4.69, 9.17) is 21.3 Å². The maximum absolute atomic E-state index is 12.2. The van der Waals surface area contributed by atoms with Crippen molar-refractivity contribution < 1.29 is 4.74 Å². The highest BCUT2D eigenvalue weighted by molar-refractivity contribution is 6.31. The number of aromatic nitrogens is 6. The molecule has 182 valence electrons. The average molecular weight is 503 g/mol. The molecule has 5 aromatic rings. The van der Waals surface area contributed by atoms with E-state index in [1.807, 2.05) is 45.0 Å². The fourth-order valence-electron chi connectivity index (χ4n) is 4.18. The summed E-state index contributed by atoms with van der Waals surface area (Å²) in [5.74, 6) is 0.596. The van der Waals surface area contributed by atoms with Crippen LogP contribution in [0.5, 0.6) is 5.75 Å². The van der Waals surface area contributed by atoms with Crippen LogP contribution in [0.2, 0.25) is 5.02 Å². The van der Waals surface area contributed by atoms with Crippen LogP contribution in [-0.4, -0.2) is 29.7 Å². The highest BCUT2D eigenvalue weighted by Crippen LogP contribution is 2.34. The Kier molecular flexibility index (Phi) is 6.15. The summed E-state index contributed by atoms with van der Waals surface area (Å²) >= 11 is 6.59. The third-order valence-corrected chi connectivity index (χ3v) is 6.24. The van der Waals surface area contributed by atoms with Crippen molar-refractivity contribution in [3.8, 4) is 17.0 Å². The van der Waals surface area contributed by atoms with E-state index in [2.05, 4.69) is 20.2 Å². The molecule has 0 aliphatic rings. The first-order chi connectivity index (χ1) is 17.3. The van der Waals surface area contributed by atoms with Gasteiger partial charge in [0.05, 0.1) is 29.2 Å². The van der Waals surface area contributed by atoms with Gasteiger partial charge in [0.1, 0.15) is 17.9 Å². The summed E-state index contributed by atoms with van der Waals surface area (Å²) in [7, 11) is 0. The molecule has 4 aromatic heterocycles. The molecule has 0 radical (unpaired) electrons. The van der Waals surface area contributed by atoms with Crippen molar-refractivity contribution in [3.63, 3.8) is 0 Å². The lowest BCUT2D eigenvalue weighted by atomic mass is 10.0. The number of rotatable bonds is 6. The topological polar surface area (TPSA) is 119 Å². The molecular formula is C26H23ClN6O3. The van der Waals surface area contributed by atoms with Gasteiger partial charge in [-0.2, -0.15) is 5.10 Å². The van der Waals surface area contributed by atoms with Crippen LogP contribution in [0, 0.1) is 20.8 Å². The van der Waals surface area contributed by atoms with Crippen LogP contribution in [0.15, 0.2) is 58.4 Å². The van der Waals surface area contributed by atoms with E-state index < -0.39 is 11.2 Å². The zero-order valence-electron chi connectivity index (χ0n) is 19.9. The smallest absolute Gasteiger partial charge is 0.328 e. The molecule has 0 unspecified atom stereocenters. The van der Waals surface area contributed by atoms with Gasteiger partial charge < -0.3 is 4.74 Å². The number of nitrogens with one attached hydrogen (secondary N) is 2. The van der Waals surface area contributed by atoms with E-state index in [1.165, 1.54) is 16.8 Å². The summed E-state index contributed by atoms with van der Waals surface area (Å²) in [6.07, 6.45) is 3.22. The first kappa shape index (κ1) is 23.5. The highest BCUT2D eigenvalue weighted by atomic mass is 35.5. The number of benzene rings is 1. The molecule has 0 spiro atoms. The standard InChI is InChI=1S/C26H23ClN6O3/c1-14-11-28-32-24(14)18-9-15(2)30-25-17(18)5-4-6-22(25)36-13-19-20(27)10-16(3)29-21(19)12-33-8-7-23(34)31-26(33)35/h4-11H,12-13H2,1-3H3,(H,28,32)(H,31,34,35). The minimum absolute atomic E-state index is 0.118. The first-order valence-electron chi connectivity index (χ1n) is 11.3. The summed E-state index contributed by atoms with van der Waals surface area (Å²) in [4.78, 5) is 35.3. The number of halogens is 1. The van der Waals surface area contributed by atoms with Crippen molar-refractivity contribution in [1.29, 1.82) is 0 Å². The SMILES string of the molecule is Cc1cc(Cl)c(COc2cccc3c(-c4[nH]ncc4C)cc(C)nc23)c(Cn2ccc(=O)[nH]c2=O)n1. The molecule has 0 aliphatic carbocycles. The normalized spacial score (nSPS) is 11.2. The van der Waals surface area contributed by atoms with Gasteiger partial charge in [0.25, 0.3) is 5.56 Å². The van der Waals surface area contributed by atoms with E-state index in [-0.39, 0.29) is 13.2 Å². The van der Waals surface area contributed by atoms with Gasteiger partial charge in [-0.15, -0.1) is 0 Å². The third-order valence-electron chi connectivity index (χ3n) is 5.90. The van der Waals surface area contributed by atoms with Gasteiger partial charge in [-0.3, -0.25) is 24.4 Å². The quantitative estimate of drug-likeness (QED) is 0.361. The number of H-pyrrole nitrogens is 2. The Bertz CT molecular complexity index is 1720. The molecule has 9 nitrogen and oxygen atoms in total. The highest BCUT2D eigenvalue weighted by Gasteiger charge is 2.16. The molecule has 4 heterocycles. The summed E-state index contributed by atoms with van der Waals surface area (Å²) in [6.45, 7) is 6.01. The number of aromatic amines is 2. The van der Waals surface area contributed by atoms with Crippen molar-refractivity contribution in [2.24, 2.45) is 0 Å². The number of aryl methyl sites for hydroxylation is 3. The lowest BCUT2D eigenvalue weighted by molar-refractivity contribution is 0.307. The second-order valence-electron chi connectivity index (χ2n) is 8.59. The Morgan fingerprint density at radius 1 is 1.06 bits per heavy atom. The molecular weight excluding hydrogens is 480 g/mol. The lowest BCUT2D eigenvalue weighted by Gasteiger charge is -2.16. The second-order valence-corrected chi connectivity index (χ2v) is 9.00. The van der Waals surface area contributed by atoms with Crippen LogP contribution in [0.3, 0.4) is 0 Å². The third kappa shape index (κ3) is 4.52. The molecule has 0 saturated heterocycles. The number of para-hydroxylation sites is 1. The van der Waals surface area contributed by atoms with Gasteiger partial charge in [0, 0.05) is 40.2 Å². The van der Waals surface area contributed by atoms with Gasteiger partial charge in [-0.25, -0.2) is 9.78 Å². The molecule has 5 rings (SSSR count). The molecule has 0 atom stereocenters. The Labute approximate surface area is 210 Å². The van der Waals surface area contributed by atoms with Crippen LogP contribution < -0.4 is 16.0 Å². The molecule has 0 bridgehead atoms. The van der Waals surface area contributed by atoms with Crippen LogP contribution in [0.1, 0.15) is 28.2 Å². The van der Waals surface area contributed by atoms with Crippen LogP contribution in [0.25, 0.3) is 22.2 Å². The van der Waals surface area contributed by atoms with E-state index in [1.54, 1.807) is 12.3 Å². The zero-order valence-corrected chi connectivity index (χ0v) is 20.7. The minimum atomic E-state index is -0.524. The van der Waals surface area contributed by atoms with E-state index in [0.29, 0.717) is 27.7 Å². The maximum atomic E-state index is 12.2. The Hall–Kier alpha value is -4.24. The van der Waals surface area contributed by atoms with Gasteiger partial charge in [-0.1, -0.05) is 23.7 Å². The van der Waals surface area contributed by atoms with Crippen molar-refractivity contribution in [2.45, 2.75) is 33.9 Å². The lowest BCUT2D eigenvalue weighted by Crippen LogP contribution is -2.29. The average Bonchev–Trinajstić information content (AvgIpc) is 3.25. The molecule has 36 heavy (non-hydrogen) atoms. The number of hydrogen-bond acceptors (Lipinski definition) is 6. The molecule has 1 aromatic carbocycles. The van der Waals surface area contributed by atoms with Crippen molar-refractivity contribution in [2.75, 3.05) is 0 Å². The van der Waals surface area contributed by atoms with Crippen LogP contribution >= 0.6 is 11.6 Å². The molecule has 0 aliphatic heterocycles. The van der Waals surface area contributed by atoms with Crippen molar-refractivity contribution in [1.82, 2.24) is 29.7 Å². The first-order valence-corrected chi connectivity index (χ1v) is 11.7. The van der Waals surface area contributed by atoms with E-state index in [9.17, 15) is 9.59 Å². The number of fused-ring (bicyclic) bond motifs is 1. The molecule has 0 fully saturated rings. The summed E-state index contributed by atoms with van der Waals surface area (Å²) in [5.41, 5.74) is 5.47. The number of nitrogens with zero attached hydrogens (tertiary/aromatic N) is 4. The number of pyridine rings is 2. The number of hydrogen-bond donors (Lipinski definition) is 2. The maximum Gasteiger partial charge on any atom is 0.328 e. The summed E-state index contributed by atoms with van der Waals surface area (Å²) < 4.78 is 7.62. The molecule has 0 saturated carbocycles. The zero-order chi connectivity index (χ0) is 25.4. The van der Waals surface area contributed by atoms with Crippen LogP contribution in [0.4, 0.5) is 0 Å². The van der Waals surface area contributed by atoms with Crippen LogP contribution in [-0.2, 0) is 13.2 Å². The van der Waals surface area contributed by atoms with Gasteiger partial charge in [0.15, 0.2) is 0 Å². The minimum Gasteiger partial charge on any atom is -0.486 e. The van der Waals surface area contributed by atoms with Gasteiger partial charge in [-0.05, 0) is 44.5 Å². The predicted octanol–water partition coefficient (Wildman–Crippen LogP) is 4.08. The van der Waals surface area contributed by atoms with Crippen molar-refractivity contribution >= 4 is 22.5 Å².